The van der Waals surface area contributed by atoms with Crippen molar-refractivity contribution >= 4 is 16.0 Å². The van der Waals surface area contributed by atoms with E-state index >= 15 is 0 Å². The quantitative estimate of drug-likeness (QED) is 0.587. The van der Waals surface area contributed by atoms with Gasteiger partial charge in [-0.05, 0) is 41.5 Å². The van der Waals surface area contributed by atoms with Gasteiger partial charge < -0.3 is 10.2 Å². The Kier molecular flexibility index (Phi) is 7.15. The number of aliphatic imine (C=N–C) groups is 1. The Morgan fingerprint density at radius 3 is 2.37 bits per heavy atom. The monoisotopic (exact) mass is 428 g/mol. The Bertz CT molecular complexity index is 956. The van der Waals surface area contributed by atoms with Gasteiger partial charge >= 0.3 is 0 Å². The highest BCUT2D eigenvalue weighted by Gasteiger charge is 2.28. The first-order chi connectivity index (χ1) is 14.3. The average Bonchev–Trinajstić information content (AvgIpc) is 2.75. The SMILES string of the molecule is CN=C(NCc1ccc(S(=O)(=O)N(C)C)cc1)N1CCC(c2ccccc2)C(C)C1. The van der Waals surface area contributed by atoms with E-state index in [4.69, 9.17) is 0 Å². The van der Waals surface area contributed by atoms with Gasteiger partial charge in [-0.2, -0.15) is 0 Å². The molecule has 0 amide bonds. The largest absolute Gasteiger partial charge is 0.352 e. The maximum atomic E-state index is 12.2. The van der Waals surface area contributed by atoms with E-state index < -0.39 is 10.0 Å². The first kappa shape index (κ1) is 22.3. The fourth-order valence-corrected chi connectivity index (χ4v) is 4.94. The normalized spacial score (nSPS) is 20.4. The Hall–Kier alpha value is -2.38. The zero-order chi connectivity index (χ0) is 21.7. The molecule has 0 saturated carbocycles. The summed E-state index contributed by atoms with van der Waals surface area (Å²) in [4.78, 5) is 7.09. The maximum Gasteiger partial charge on any atom is 0.242 e. The molecule has 0 aliphatic carbocycles. The molecule has 0 spiro atoms. The number of sulfonamides is 1. The molecular formula is C23H32N4O2S. The number of benzene rings is 2. The van der Waals surface area contributed by atoms with Crippen LogP contribution in [0.1, 0.15) is 30.4 Å². The van der Waals surface area contributed by atoms with E-state index in [9.17, 15) is 8.42 Å². The smallest absolute Gasteiger partial charge is 0.242 e. The van der Waals surface area contributed by atoms with Crippen molar-refractivity contribution in [2.75, 3.05) is 34.2 Å². The standard InChI is InChI=1S/C23H32N4O2S/c1-18-17-27(15-14-22(18)20-8-6-5-7-9-20)23(24-2)25-16-19-10-12-21(13-11-19)30(28,29)26(3)4/h5-13,18,22H,14-17H2,1-4H3,(H,24,25). The minimum Gasteiger partial charge on any atom is -0.352 e. The summed E-state index contributed by atoms with van der Waals surface area (Å²) in [6.45, 7) is 4.83. The third-order valence-electron chi connectivity index (χ3n) is 5.80. The van der Waals surface area contributed by atoms with Crippen molar-refractivity contribution in [1.29, 1.82) is 0 Å². The second-order valence-electron chi connectivity index (χ2n) is 8.06. The zero-order valence-electron chi connectivity index (χ0n) is 18.2. The van der Waals surface area contributed by atoms with Gasteiger partial charge in [0.1, 0.15) is 0 Å². The Morgan fingerprint density at radius 2 is 1.80 bits per heavy atom. The van der Waals surface area contributed by atoms with Crippen molar-refractivity contribution in [1.82, 2.24) is 14.5 Å². The summed E-state index contributed by atoms with van der Waals surface area (Å²) in [5.41, 5.74) is 2.43. The topological polar surface area (TPSA) is 65.0 Å². The summed E-state index contributed by atoms with van der Waals surface area (Å²) in [5, 5.41) is 3.43. The molecule has 0 bridgehead atoms. The minimum absolute atomic E-state index is 0.303. The van der Waals surface area contributed by atoms with Crippen LogP contribution in [0.5, 0.6) is 0 Å². The first-order valence-corrected chi connectivity index (χ1v) is 11.8. The predicted molar refractivity (Wildman–Crippen MR) is 122 cm³/mol. The number of guanidine groups is 1. The molecule has 0 radical (unpaired) electrons. The number of nitrogens with zero attached hydrogens (tertiary/aromatic N) is 3. The lowest BCUT2D eigenvalue weighted by atomic mass is 9.82. The fourth-order valence-electron chi connectivity index (χ4n) is 4.04. The number of nitrogens with one attached hydrogen (secondary N) is 1. The summed E-state index contributed by atoms with van der Waals surface area (Å²) in [7, 11) is 1.49. The molecule has 1 N–H and O–H groups in total. The third-order valence-corrected chi connectivity index (χ3v) is 7.63. The van der Waals surface area contributed by atoms with Gasteiger partial charge in [-0.3, -0.25) is 4.99 Å². The molecular weight excluding hydrogens is 396 g/mol. The number of piperidine rings is 1. The molecule has 30 heavy (non-hydrogen) atoms. The van der Waals surface area contributed by atoms with E-state index in [1.54, 1.807) is 12.1 Å². The Labute approximate surface area is 180 Å². The average molecular weight is 429 g/mol. The van der Waals surface area contributed by atoms with Gasteiger partial charge in [0.25, 0.3) is 0 Å². The van der Waals surface area contributed by atoms with Crippen LogP contribution in [0, 0.1) is 5.92 Å². The molecule has 1 heterocycles. The summed E-state index contributed by atoms with van der Waals surface area (Å²) < 4.78 is 25.6. The van der Waals surface area contributed by atoms with Gasteiger partial charge in [0.2, 0.25) is 10.0 Å². The summed E-state index contributed by atoms with van der Waals surface area (Å²) in [6.07, 6.45) is 1.10. The molecule has 2 unspecified atom stereocenters. The molecule has 1 aliphatic heterocycles. The lowest BCUT2D eigenvalue weighted by molar-refractivity contribution is 0.234. The molecule has 6 nitrogen and oxygen atoms in total. The lowest BCUT2D eigenvalue weighted by Crippen LogP contribution is -2.47. The lowest BCUT2D eigenvalue weighted by Gasteiger charge is -2.39. The Balaban J connectivity index is 1.59. The van der Waals surface area contributed by atoms with Crippen molar-refractivity contribution in [3.05, 3.63) is 65.7 Å². The van der Waals surface area contributed by atoms with Crippen LogP contribution in [0.2, 0.25) is 0 Å². The number of hydrogen-bond acceptors (Lipinski definition) is 3. The van der Waals surface area contributed by atoms with Crippen LogP contribution >= 0.6 is 0 Å². The molecule has 1 saturated heterocycles. The van der Waals surface area contributed by atoms with E-state index in [0.29, 0.717) is 23.3 Å². The molecule has 2 atom stereocenters. The van der Waals surface area contributed by atoms with Gasteiger partial charge in [0.15, 0.2) is 5.96 Å². The fraction of sp³-hybridized carbons (Fsp3) is 0.435. The van der Waals surface area contributed by atoms with Crippen molar-refractivity contribution in [3.63, 3.8) is 0 Å². The minimum atomic E-state index is -3.40. The van der Waals surface area contributed by atoms with Crippen LogP contribution < -0.4 is 5.32 Å². The van der Waals surface area contributed by atoms with E-state index in [0.717, 1.165) is 31.0 Å². The molecule has 2 aromatic carbocycles. The van der Waals surface area contributed by atoms with Crippen LogP contribution in [0.4, 0.5) is 0 Å². The van der Waals surface area contributed by atoms with Gasteiger partial charge in [-0.15, -0.1) is 0 Å². The molecule has 7 heteroatoms. The van der Waals surface area contributed by atoms with Gasteiger partial charge in [-0.1, -0.05) is 49.4 Å². The van der Waals surface area contributed by atoms with Crippen LogP contribution in [0.25, 0.3) is 0 Å². The van der Waals surface area contributed by atoms with Crippen LogP contribution in [0.3, 0.4) is 0 Å². The highest BCUT2D eigenvalue weighted by atomic mass is 32.2. The van der Waals surface area contributed by atoms with Crippen LogP contribution in [0.15, 0.2) is 64.5 Å². The van der Waals surface area contributed by atoms with Crippen LogP contribution in [-0.2, 0) is 16.6 Å². The molecule has 2 aromatic rings. The molecule has 1 fully saturated rings. The second-order valence-corrected chi connectivity index (χ2v) is 10.2. The number of hydrogen-bond donors (Lipinski definition) is 1. The highest BCUT2D eigenvalue weighted by molar-refractivity contribution is 7.89. The van der Waals surface area contributed by atoms with Crippen molar-refractivity contribution in [2.45, 2.75) is 30.7 Å². The van der Waals surface area contributed by atoms with E-state index in [1.165, 1.54) is 24.0 Å². The van der Waals surface area contributed by atoms with Gasteiger partial charge in [-0.25, -0.2) is 12.7 Å². The van der Waals surface area contributed by atoms with Gasteiger partial charge in [0, 0.05) is 40.8 Å². The molecule has 0 aromatic heterocycles. The van der Waals surface area contributed by atoms with Gasteiger partial charge in [0.05, 0.1) is 4.90 Å². The second kappa shape index (κ2) is 9.62. The van der Waals surface area contributed by atoms with Crippen molar-refractivity contribution < 1.29 is 8.42 Å². The number of rotatable bonds is 5. The van der Waals surface area contributed by atoms with E-state index in [-0.39, 0.29) is 0 Å². The van der Waals surface area contributed by atoms with E-state index in [1.807, 2.05) is 19.2 Å². The maximum absolute atomic E-state index is 12.2. The number of likely N-dealkylation sites (tertiary alicyclic amines) is 1. The van der Waals surface area contributed by atoms with Crippen LogP contribution in [-0.4, -0.2) is 57.8 Å². The summed E-state index contributed by atoms with van der Waals surface area (Å²) >= 11 is 0. The first-order valence-electron chi connectivity index (χ1n) is 10.3. The third kappa shape index (κ3) is 5.02. The van der Waals surface area contributed by atoms with Crippen molar-refractivity contribution in [2.24, 2.45) is 10.9 Å². The predicted octanol–water partition coefficient (Wildman–Crippen LogP) is 3.14. The highest BCUT2D eigenvalue weighted by Crippen LogP contribution is 2.32. The van der Waals surface area contributed by atoms with E-state index in [2.05, 4.69) is 52.5 Å². The summed E-state index contributed by atoms with van der Waals surface area (Å²) in [6, 6.07) is 17.8. The molecule has 3 rings (SSSR count). The Morgan fingerprint density at radius 1 is 1.13 bits per heavy atom. The zero-order valence-corrected chi connectivity index (χ0v) is 19.1. The van der Waals surface area contributed by atoms with Crippen molar-refractivity contribution in [3.8, 4) is 0 Å². The molecule has 1 aliphatic rings. The molecule has 162 valence electrons. The summed E-state index contributed by atoms with van der Waals surface area (Å²) in [5.74, 6) is 2.00.